The SMILES string of the molecule is CC(C)(C)CCNC(=O)CCc1cccc(N)c1. The molecule has 0 saturated carbocycles. The molecule has 1 rings (SSSR count). The van der Waals surface area contributed by atoms with Crippen molar-refractivity contribution >= 4 is 11.6 Å². The molecular formula is C15H24N2O. The smallest absolute Gasteiger partial charge is 0.220 e. The van der Waals surface area contributed by atoms with Gasteiger partial charge in [0.15, 0.2) is 0 Å². The summed E-state index contributed by atoms with van der Waals surface area (Å²) in [5.74, 6) is 0.113. The van der Waals surface area contributed by atoms with Crippen molar-refractivity contribution in [3.05, 3.63) is 29.8 Å². The fraction of sp³-hybridized carbons (Fsp3) is 0.533. The highest BCUT2D eigenvalue weighted by atomic mass is 16.1. The molecule has 0 spiro atoms. The van der Waals surface area contributed by atoms with Gasteiger partial charge in [-0.25, -0.2) is 0 Å². The summed E-state index contributed by atoms with van der Waals surface area (Å²) in [4.78, 5) is 11.6. The minimum Gasteiger partial charge on any atom is -0.399 e. The summed E-state index contributed by atoms with van der Waals surface area (Å²) in [5, 5.41) is 2.95. The molecule has 0 heterocycles. The number of nitrogens with two attached hydrogens (primary N) is 1. The largest absolute Gasteiger partial charge is 0.399 e. The van der Waals surface area contributed by atoms with E-state index in [9.17, 15) is 4.79 Å². The van der Waals surface area contributed by atoms with E-state index in [-0.39, 0.29) is 11.3 Å². The van der Waals surface area contributed by atoms with Crippen molar-refractivity contribution in [3.63, 3.8) is 0 Å². The van der Waals surface area contributed by atoms with E-state index < -0.39 is 0 Å². The first-order valence-electron chi connectivity index (χ1n) is 6.48. The quantitative estimate of drug-likeness (QED) is 0.787. The van der Waals surface area contributed by atoms with Gasteiger partial charge in [-0.1, -0.05) is 32.9 Å². The van der Waals surface area contributed by atoms with Gasteiger partial charge in [0.05, 0.1) is 0 Å². The molecule has 1 aromatic rings. The number of carbonyl (C=O) groups excluding carboxylic acids is 1. The Kier molecular flexibility index (Phi) is 5.20. The monoisotopic (exact) mass is 248 g/mol. The summed E-state index contributed by atoms with van der Waals surface area (Å²) < 4.78 is 0. The molecule has 3 heteroatoms. The zero-order valence-corrected chi connectivity index (χ0v) is 11.6. The predicted octanol–water partition coefficient (Wildman–Crippen LogP) is 2.75. The highest BCUT2D eigenvalue weighted by Gasteiger charge is 2.10. The molecule has 0 aliphatic carbocycles. The van der Waals surface area contributed by atoms with E-state index >= 15 is 0 Å². The number of aryl methyl sites for hydroxylation is 1. The number of hydrogen-bond donors (Lipinski definition) is 2. The number of anilines is 1. The summed E-state index contributed by atoms with van der Waals surface area (Å²) in [5.41, 5.74) is 7.82. The Bertz CT molecular complexity index is 394. The molecule has 1 amide bonds. The highest BCUT2D eigenvalue weighted by Crippen LogP contribution is 2.17. The van der Waals surface area contributed by atoms with Crippen molar-refractivity contribution in [1.29, 1.82) is 0 Å². The van der Waals surface area contributed by atoms with Gasteiger partial charge in [-0.15, -0.1) is 0 Å². The maximum atomic E-state index is 11.6. The van der Waals surface area contributed by atoms with Gasteiger partial charge in [-0.2, -0.15) is 0 Å². The van der Waals surface area contributed by atoms with E-state index in [1.807, 2.05) is 24.3 Å². The Morgan fingerprint density at radius 3 is 2.67 bits per heavy atom. The third-order valence-electron chi connectivity index (χ3n) is 2.79. The van der Waals surface area contributed by atoms with Crippen molar-refractivity contribution in [2.45, 2.75) is 40.0 Å². The van der Waals surface area contributed by atoms with Gasteiger partial charge in [0, 0.05) is 18.7 Å². The lowest BCUT2D eigenvalue weighted by Gasteiger charge is -2.18. The van der Waals surface area contributed by atoms with Crippen molar-refractivity contribution in [2.24, 2.45) is 5.41 Å². The zero-order valence-electron chi connectivity index (χ0n) is 11.6. The Morgan fingerprint density at radius 2 is 2.06 bits per heavy atom. The van der Waals surface area contributed by atoms with E-state index in [1.54, 1.807) is 0 Å². The molecular weight excluding hydrogens is 224 g/mol. The van der Waals surface area contributed by atoms with Crippen LogP contribution in [-0.4, -0.2) is 12.5 Å². The predicted molar refractivity (Wildman–Crippen MR) is 76.3 cm³/mol. The van der Waals surface area contributed by atoms with Crippen LogP contribution in [0, 0.1) is 5.41 Å². The second-order valence-corrected chi connectivity index (χ2v) is 5.91. The second kappa shape index (κ2) is 6.43. The first kappa shape index (κ1) is 14.6. The standard InChI is InChI=1S/C15H24N2O/c1-15(2,3)9-10-17-14(18)8-7-12-5-4-6-13(16)11-12/h4-6,11H,7-10,16H2,1-3H3,(H,17,18). The Labute approximate surface area is 110 Å². The lowest BCUT2D eigenvalue weighted by molar-refractivity contribution is -0.121. The fourth-order valence-electron chi connectivity index (χ4n) is 1.67. The van der Waals surface area contributed by atoms with Gasteiger partial charge in [0.2, 0.25) is 5.91 Å². The van der Waals surface area contributed by atoms with Crippen LogP contribution < -0.4 is 11.1 Å². The summed E-state index contributed by atoms with van der Waals surface area (Å²) in [7, 11) is 0. The van der Waals surface area contributed by atoms with Gasteiger partial charge >= 0.3 is 0 Å². The van der Waals surface area contributed by atoms with Crippen LogP contribution in [0.1, 0.15) is 39.2 Å². The number of benzene rings is 1. The molecule has 0 fully saturated rings. The first-order chi connectivity index (χ1) is 8.37. The number of hydrogen-bond acceptors (Lipinski definition) is 2. The summed E-state index contributed by atoms with van der Waals surface area (Å²) in [6.07, 6.45) is 2.26. The molecule has 3 N–H and O–H groups in total. The zero-order chi connectivity index (χ0) is 13.6. The van der Waals surface area contributed by atoms with E-state index in [4.69, 9.17) is 5.73 Å². The summed E-state index contributed by atoms with van der Waals surface area (Å²) >= 11 is 0. The second-order valence-electron chi connectivity index (χ2n) is 5.91. The highest BCUT2D eigenvalue weighted by molar-refractivity contribution is 5.76. The Morgan fingerprint density at radius 1 is 1.33 bits per heavy atom. The minimum absolute atomic E-state index is 0.113. The lowest BCUT2D eigenvalue weighted by atomic mass is 9.92. The molecule has 0 atom stereocenters. The molecule has 0 aliphatic rings. The summed E-state index contributed by atoms with van der Waals surface area (Å²) in [6, 6.07) is 7.69. The topological polar surface area (TPSA) is 55.1 Å². The van der Waals surface area contributed by atoms with Gasteiger partial charge in [0.25, 0.3) is 0 Å². The van der Waals surface area contributed by atoms with Crippen LogP contribution in [0.25, 0.3) is 0 Å². The van der Waals surface area contributed by atoms with Gasteiger partial charge in [-0.3, -0.25) is 4.79 Å². The molecule has 0 aliphatic heterocycles. The van der Waals surface area contributed by atoms with Crippen molar-refractivity contribution in [1.82, 2.24) is 5.32 Å². The third-order valence-corrected chi connectivity index (χ3v) is 2.79. The van der Waals surface area contributed by atoms with Crippen LogP contribution in [0.4, 0.5) is 5.69 Å². The molecule has 3 nitrogen and oxygen atoms in total. The molecule has 100 valence electrons. The molecule has 18 heavy (non-hydrogen) atoms. The molecule has 1 aromatic carbocycles. The molecule has 0 radical (unpaired) electrons. The number of rotatable bonds is 5. The maximum Gasteiger partial charge on any atom is 0.220 e. The molecule has 0 unspecified atom stereocenters. The minimum atomic E-state index is 0.113. The van der Waals surface area contributed by atoms with Gasteiger partial charge < -0.3 is 11.1 Å². The van der Waals surface area contributed by atoms with Crippen LogP contribution in [0.3, 0.4) is 0 Å². The first-order valence-corrected chi connectivity index (χ1v) is 6.48. The van der Waals surface area contributed by atoms with Crippen molar-refractivity contribution in [3.8, 4) is 0 Å². The summed E-state index contributed by atoms with van der Waals surface area (Å²) in [6.45, 7) is 7.27. The van der Waals surface area contributed by atoms with E-state index in [1.165, 1.54) is 0 Å². The molecule has 0 aromatic heterocycles. The van der Waals surface area contributed by atoms with Crippen LogP contribution in [0.5, 0.6) is 0 Å². The van der Waals surface area contributed by atoms with E-state index in [0.29, 0.717) is 6.42 Å². The number of amides is 1. The number of carbonyl (C=O) groups is 1. The van der Waals surface area contributed by atoms with Crippen LogP contribution in [-0.2, 0) is 11.2 Å². The van der Waals surface area contributed by atoms with Crippen molar-refractivity contribution in [2.75, 3.05) is 12.3 Å². The van der Waals surface area contributed by atoms with Gasteiger partial charge in [-0.05, 0) is 36.0 Å². The Balaban J connectivity index is 2.25. The lowest BCUT2D eigenvalue weighted by Crippen LogP contribution is -2.27. The average Bonchev–Trinajstić information content (AvgIpc) is 2.25. The fourth-order valence-corrected chi connectivity index (χ4v) is 1.67. The van der Waals surface area contributed by atoms with Crippen molar-refractivity contribution < 1.29 is 4.79 Å². The average molecular weight is 248 g/mol. The number of nitrogens with one attached hydrogen (secondary N) is 1. The normalized spacial score (nSPS) is 11.3. The maximum absolute atomic E-state index is 11.6. The van der Waals surface area contributed by atoms with E-state index in [0.717, 1.165) is 30.6 Å². The van der Waals surface area contributed by atoms with Gasteiger partial charge in [0.1, 0.15) is 0 Å². The third kappa shape index (κ3) is 6.28. The molecule has 0 bridgehead atoms. The van der Waals surface area contributed by atoms with Crippen LogP contribution in [0.2, 0.25) is 0 Å². The van der Waals surface area contributed by atoms with Crippen LogP contribution >= 0.6 is 0 Å². The molecule has 0 saturated heterocycles. The van der Waals surface area contributed by atoms with E-state index in [2.05, 4.69) is 26.1 Å². The Hall–Kier alpha value is -1.51. The number of nitrogen functional groups attached to an aromatic ring is 1. The van der Waals surface area contributed by atoms with Crippen LogP contribution in [0.15, 0.2) is 24.3 Å².